The molecule has 0 heterocycles. The van der Waals surface area contributed by atoms with Crippen molar-refractivity contribution in [1.82, 2.24) is 0 Å². The monoisotopic (exact) mass is 334 g/mol. The summed E-state index contributed by atoms with van der Waals surface area (Å²) in [6.07, 6.45) is 1.45. The average Bonchev–Trinajstić information content (AvgIpc) is 2.52. The van der Waals surface area contributed by atoms with Gasteiger partial charge in [0.2, 0.25) is 0 Å². The lowest BCUT2D eigenvalue weighted by Crippen LogP contribution is -2.22. The maximum absolute atomic E-state index is 11.9. The normalized spacial score (nSPS) is 11.6. The second kappa shape index (κ2) is 7.08. The Morgan fingerprint density at radius 2 is 2.00 bits per heavy atom. The van der Waals surface area contributed by atoms with Crippen molar-refractivity contribution in [3.63, 3.8) is 0 Å². The van der Waals surface area contributed by atoms with E-state index in [1.807, 2.05) is 52.0 Å². The molecule has 0 saturated heterocycles. The van der Waals surface area contributed by atoms with Gasteiger partial charge in [-0.05, 0) is 73.3 Å². The van der Waals surface area contributed by atoms with Crippen LogP contribution in [-0.4, -0.2) is 11.6 Å². The van der Waals surface area contributed by atoms with E-state index in [4.69, 9.17) is 10.3 Å². The van der Waals surface area contributed by atoms with Crippen LogP contribution in [0.15, 0.2) is 41.5 Å². The lowest BCUT2D eigenvalue weighted by Gasteiger charge is -2.18. The van der Waals surface area contributed by atoms with Crippen LogP contribution in [0.1, 0.15) is 38.8 Å². The number of carbonyl (C=O) groups excluding carboxylic acids is 1. The van der Waals surface area contributed by atoms with E-state index in [-0.39, 0.29) is 0 Å². The van der Waals surface area contributed by atoms with Crippen molar-refractivity contribution in [2.75, 3.05) is 0 Å². The molecule has 0 unspecified atom stereocenters. The summed E-state index contributed by atoms with van der Waals surface area (Å²) in [7, 11) is 0. The minimum Gasteiger partial charge on any atom is -0.457 e. The first kappa shape index (κ1) is 18.1. The zero-order valence-electron chi connectivity index (χ0n) is 14.6. The number of hydrogen-bond donors (Lipinski definition) is 0. The number of azide groups is 1. The quantitative estimate of drug-likeness (QED) is 0.247. The van der Waals surface area contributed by atoms with Crippen molar-refractivity contribution in [2.45, 2.75) is 33.3 Å². The van der Waals surface area contributed by atoms with Crippen LogP contribution in [0, 0.1) is 11.3 Å². The number of hydrogen-bond acceptors (Lipinski definition) is 4. The Hall–Kier alpha value is -3.29. The molecule has 0 spiro atoms. The molecule has 0 aliphatic carbocycles. The first-order chi connectivity index (χ1) is 11.7. The number of nitrogens with zero attached hydrogens (tertiary/aromatic N) is 4. The van der Waals surface area contributed by atoms with Crippen LogP contribution < -0.4 is 0 Å². The van der Waals surface area contributed by atoms with Crippen LogP contribution in [0.4, 0.5) is 5.69 Å². The highest BCUT2D eigenvalue weighted by Crippen LogP contribution is 2.28. The average molecular weight is 334 g/mol. The summed E-state index contributed by atoms with van der Waals surface area (Å²) >= 11 is 0. The van der Waals surface area contributed by atoms with E-state index in [1.54, 1.807) is 12.1 Å². The van der Waals surface area contributed by atoms with Crippen LogP contribution in [0.25, 0.3) is 26.8 Å². The summed E-state index contributed by atoms with van der Waals surface area (Å²) < 4.78 is 5.29. The fourth-order valence-corrected chi connectivity index (χ4v) is 2.34. The maximum Gasteiger partial charge on any atom is 0.331 e. The molecule has 0 saturated carbocycles. The minimum atomic E-state index is -0.545. The van der Waals surface area contributed by atoms with Gasteiger partial charge in [-0.1, -0.05) is 17.2 Å². The fourth-order valence-electron chi connectivity index (χ4n) is 2.34. The van der Waals surface area contributed by atoms with Gasteiger partial charge in [0.15, 0.2) is 0 Å². The molecule has 2 aromatic carbocycles. The van der Waals surface area contributed by atoms with E-state index >= 15 is 0 Å². The Bertz CT molecular complexity index is 956. The summed E-state index contributed by atoms with van der Waals surface area (Å²) in [5.41, 5.74) is 10.2. The topological polar surface area (TPSA) is 98.8 Å². The third-order valence-electron chi connectivity index (χ3n) is 3.42. The van der Waals surface area contributed by atoms with E-state index in [1.165, 1.54) is 6.08 Å². The molecule has 0 atom stereocenters. The molecule has 0 radical (unpaired) electrons. The Labute approximate surface area is 146 Å². The summed E-state index contributed by atoms with van der Waals surface area (Å²) in [5.74, 6) is -0.401. The zero-order chi connectivity index (χ0) is 18.6. The summed E-state index contributed by atoms with van der Waals surface area (Å²) in [4.78, 5) is 14.7. The van der Waals surface area contributed by atoms with E-state index < -0.39 is 11.6 Å². The molecule has 126 valence electrons. The lowest BCUT2D eigenvalue weighted by atomic mass is 10.00. The zero-order valence-corrected chi connectivity index (χ0v) is 14.6. The highest BCUT2D eigenvalue weighted by molar-refractivity contribution is 5.94. The molecule has 0 aliphatic heterocycles. The van der Waals surface area contributed by atoms with Crippen molar-refractivity contribution < 1.29 is 9.53 Å². The van der Waals surface area contributed by atoms with Crippen LogP contribution in [-0.2, 0) is 9.53 Å². The molecule has 2 aromatic rings. The van der Waals surface area contributed by atoms with E-state index in [0.29, 0.717) is 11.3 Å². The molecule has 6 nitrogen and oxygen atoms in total. The van der Waals surface area contributed by atoms with Gasteiger partial charge in [-0.3, -0.25) is 0 Å². The molecule has 25 heavy (non-hydrogen) atoms. The van der Waals surface area contributed by atoms with Gasteiger partial charge in [-0.15, -0.1) is 0 Å². The summed E-state index contributed by atoms with van der Waals surface area (Å²) in [6, 6.07) is 11.0. The van der Waals surface area contributed by atoms with Gasteiger partial charge in [0.25, 0.3) is 0 Å². The largest absolute Gasteiger partial charge is 0.457 e. The third-order valence-corrected chi connectivity index (χ3v) is 3.42. The van der Waals surface area contributed by atoms with Gasteiger partial charge in [-0.2, -0.15) is 5.26 Å². The van der Waals surface area contributed by atoms with Crippen molar-refractivity contribution in [1.29, 1.82) is 5.26 Å². The second-order valence-corrected chi connectivity index (χ2v) is 6.59. The van der Waals surface area contributed by atoms with Crippen LogP contribution in [0.2, 0.25) is 0 Å². The number of ether oxygens (including phenoxy) is 1. The lowest BCUT2D eigenvalue weighted by molar-refractivity contribution is -0.148. The number of benzene rings is 2. The maximum atomic E-state index is 11.9. The number of nitriles is 1. The van der Waals surface area contributed by atoms with E-state index in [2.05, 4.69) is 10.0 Å². The van der Waals surface area contributed by atoms with Crippen LogP contribution in [0.5, 0.6) is 0 Å². The first-order valence-corrected chi connectivity index (χ1v) is 7.68. The molecule has 0 aliphatic rings. The van der Waals surface area contributed by atoms with Gasteiger partial charge in [0.1, 0.15) is 5.60 Å². The molecule has 0 amide bonds. The molecule has 2 rings (SSSR count). The van der Waals surface area contributed by atoms with Gasteiger partial charge in [-0.25, -0.2) is 4.79 Å². The SMILES string of the molecule is C/C(=C\C(=O)OC(C)(C)C)c1ccc2cc(N=[N+]=[N-])c(C#N)cc2c1. The third kappa shape index (κ3) is 4.60. The number of rotatable bonds is 3. The van der Waals surface area contributed by atoms with E-state index in [0.717, 1.165) is 21.9 Å². The predicted molar refractivity (Wildman–Crippen MR) is 97.0 cm³/mol. The van der Waals surface area contributed by atoms with Gasteiger partial charge < -0.3 is 4.74 Å². The number of allylic oxidation sites excluding steroid dienone is 1. The highest BCUT2D eigenvalue weighted by atomic mass is 16.6. The molecule has 0 fully saturated rings. The first-order valence-electron chi connectivity index (χ1n) is 7.68. The Morgan fingerprint density at radius 1 is 1.28 bits per heavy atom. The number of carbonyl (C=O) groups is 1. The Morgan fingerprint density at radius 3 is 2.60 bits per heavy atom. The molecule has 0 bridgehead atoms. The molecule has 0 N–H and O–H groups in total. The Balaban J connectivity index is 2.44. The highest BCUT2D eigenvalue weighted by Gasteiger charge is 2.15. The van der Waals surface area contributed by atoms with Gasteiger partial charge in [0, 0.05) is 11.0 Å². The fraction of sp³-hybridized carbons (Fsp3) is 0.263. The standard InChI is InChI=1S/C19H18N4O2/c1-12(7-18(24)25-19(2,3)4)13-5-6-14-10-17(22-23-21)16(11-20)9-15(14)8-13/h5-10H,1-4H3/b12-7+. The van der Waals surface area contributed by atoms with E-state index in [9.17, 15) is 10.1 Å². The minimum absolute atomic E-state index is 0.297. The van der Waals surface area contributed by atoms with Crippen molar-refractivity contribution in [3.8, 4) is 6.07 Å². The van der Waals surface area contributed by atoms with Crippen LogP contribution in [0.3, 0.4) is 0 Å². The molecule has 0 aromatic heterocycles. The van der Waals surface area contributed by atoms with Crippen molar-refractivity contribution in [3.05, 3.63) is 58.0 Å². The molecular formula is C19H18N4O2. The Kier molecular flexibility index (Phi) is 5.11. The molecule has 6 heteroatoms. The predicted octanol–water partition coefficient (Wildman–Crippen LogP) is 5.40. The summed E-state index contributed by atoms with van der Waals surface area (Å²) in [5, 5.41) is 14.4. The van der Waals surface area contributed by atoms with Crippen molar-refractivity contribution >= 4 is 28.0 Å². The summed E-state index contributed by atoms with van der Waals surface area (Å²) in [6.45, 7) is 7.27. The van der Waals surface area contributed by atoms with Gasteiger partial charge in [0.05, 0.1) is 17.3 Å². The second-order valence-electron chi connectivity index (χ2n) is 6.59. The number of esters is 1. The number of fused-ring (bicyclic) bond motifs is 1. The van der Waals surface area contributed by atoms with Gasteiger partial charge >= 0.3 is 5.97 Å². The van der Waals surface area contributed by atoms with Crippen LogP contribution >= 0.6 is 0 Å². The molecular weight excluding hydrogens is 316 g/mol. The smallest absolute Gasteiger partial charge is 0.331 e. The van der Waals surface area contributed by atoms with Crippen molar-refractivity contribution in [2.24, 2.45) is 5.11 Å².